The molecule has 172 valence electrons. The highest BCUT2D eigenvalue weighted by molar-refractivity contribution is 5.88. The summed E-state index contributed by atoms with van der Waals surface area (Å²) >= 11 is 0. The molecule has 0 spiro atoms. The number of aliphatic hydroxyl groups excluding tert-OH is 4. The molecule has 0 aliphatic carbocycles. The van der Waals surface area contributed by atoms with E-state index in [-0.39, 0.29) is 52.1 Å². The quantitative estimate of drug-likeness (QED) is 0.206. The number of phenols is 3. The van der Waals surface area contributed by atoms with Crippen LogP contribution in [0, 0.1) is 0 Å². The van der Waals surface area contributed by atoms with Gasteiger partial charge < -0.3 is 57.6 Å². The van der Waals surface area contributed by atoms with Crippen molar-refractivity contribution >= 4 is 11.0 Å². The van der Waals surface area contributed by atoms with Crippen molar-refractivity contribution < 1.29 is 62.0 Å². The summed E-state index contributed by atoms with van der Waals surface area (Å²) < 4.78 is 17.0. The number of aliphatic hydroxyl groups is 4. The number of fused-ring (bicyclic) bond motifs is 1. The van der Waals surface area contributed by atoms with E-state index in [4.69, 9.17) is 13.9 Å². The highest BCUT2D eigenvalue weighted by atomic mass is 35.5. The molecule has 4 rings (SSSR count). The third-order valence-corrected chi connectivity index (χ3v) is 5.04. The number of ether oxygens (including phenoxy) is 2. The summed E-state index contributed by atoms with van der Waals surface area (Å²) in [4.78, 5) is 0. The molecule has 5 atom stereocenters. The molecule has 3 unspecified atom stereocenters. The summed E-state index contributed by atoms with van der Waals surface area (Å²) in [6.07, 6.45) is -7.52. The van der Waals surface area contributed by atoms with E-state index < -0.39 is 37.3 Å². The summed E-state index contributed by atoms with van der Waals surface area (Å²) in [6.45, 7) is -0.627. The van der Waals surface area contributed by atoms with E-state index in [2.05, 4.69) is 0 Å². The first kappa shape index (κ1) is 23.8. The normalized spacial score (nSPS) is 25.3. The molecule has 1 aliphatic rings. The maximum Gasteiger partial charge on any atom is 0.402 e. The van der Waals surface area contributed by atoms with E-state index in [0.29, 0.717) is 5.56 Å². The minimum Gasteiger partial charge on any atom is -1.00 e. The Morgan fingerprint density at radius 1 is 0.875 bits per heavy atom. The van der Waals surface area contributed by atoms with Crippen molar-refractivity contribution in [2.75, 3.05) is 6.61 Å². The first-order valence-electron chi connectivity index (χ1n) is 9.38. The standard InChI is InChI=1S/C21H20O10.ClH/c22-8-16-17(26)18(27)19(28)21(31-16)30-15-7-12-13(25)5-11(24)6-14(12)29-20(15)9-1-3-10(23)4-2-9;/h1-7,16-19,21-22,26-28H,8H2,(H2-,23,24,25);1H/t16?,17-,18?,19?,21+;/m1./s1. The van der Waals surface area contributed by atoms with Crippen LogP contribution in [0.4, 0.5) is 0 Å². The average molecular weight is 469 g/mol. The Labute approximate surface area is 187 Å². The fraction of sp³-hybridized carbons (Fsp3) is 0.286. The lowest BCUT2D eigenvalue weighted by Gasteiger charge is -2.39. The second-order valence-corrected chi connectivity index (χ2v) is 7.18. The second-order valence-electron chi connectivity index (χ2n) is 7.18. The van der Waals surface area contributed by atoms with E-state index in [1.807, 2.05) is 0 Å². The number of rotatable bonds is 4. The lowest BCUT2D eigenvalue weighted by molar-refractivity contribution is -0.277. The zero-order valence-electron chi connectivity index (χ0n) is 16.4. The third-order valence-electron chi connectivity index (χ3n) is 5.04. The zero-order chi connectivity index (χ0) is 22.3. The minimum atomic E-state index is -1.66. The van der Waals surface area contributed by atoms with E-state index in [1.54, 1.807) is 0 Å². The van der Waals surface area contributed by atoms with Crippen LogP contribution >= 0.6 is 0 Å². The average Bonchev–Trinajstić information content (AvgIpc) is 2.74. The monoisotopic (exact) mass is 468 g/mol. The molecule has 0 bridgehead atoms. The SMILES string of the molecule is OCC1O[C@H](Oc2cc3c(O)cc(O)cc3[o+]c2-c2ccc(O)cc2)C(O)C(O)[C@@H]1O.[Cl-]. The highest BCUT2D eigenvalue weighted by Crippen LogP contribution is 2.40. The van der Waals surface area contributed by atoms with Gasteiger partial charge in [-0.25, -0.2) is 4.42 Å². The first-order valence-corrected chi connectivity index (χ1v) is 9.38. The van der Waals surface area contributed by atoms with Gasteiger partial charge in [0.05, 0.1) is 18.2 Å². The molecule has 7 N–H and O–H groups in total. The molecule has 2 heterocycles. The van der Waals surface area contributed by atoms with Crippen LogP contribution in [0.3, 0.4) is 0 Å². The van der Waals surface area contributed by atoms with Gasteiger partial charge in [0.2, 0.25) is 12.0 Å². The van der Waals surface area contributed by atoms with E-state index in [9.17, 15) is 35.7 Å². The van der Waals surface area contributed by atoms with Crippen LogP contribution in [0.2, 0.25) is 0 Å². The maximum absolute atomic E-state index is 10.3. The van der Waals surface area contributed by atoms with Crippen molar-refractivity contribution in [3.05, 3.63) is 42.5 Å². The second kappa shape index (κ2) is 9.33. The minimum absolute atomic E-state index is 0. The van der Waals surface area contributed by atoms with E-state index >= 15 is 0 Å². The van der Waals surface area contributed by atoms with Crippen molar-refractivity contribution in [1.29, 1.82) is 0 Å². The first-order chi connectivity index (χ1) is 14.8. The van der Waals surface area contributed by atoms with Crippen molar-refractivity contribution in [2.45, 2.75) is 30.7 Å². The van der Waals surface area contributed by atoms with Crippen LogP contribution in [-0.4, -0.2) is 73.1 Å². The molecule has 1 saturated heterocycles. The van der Waals surface area contributed by atoms with Gasteiger partial charge in [-0.3, -0.25) is 0 Å². The van der Waals surface area contributed by atoms with E-state index in [0.717, 1.165) is 6.07 Å². The van der Waals surface area contributed by atoms with Crippen molar-refractivity contribution in [3.8, 4) is 34.3 Å². The molecule has 11 heteroatoms. The van der Waals surface area contributed by atoms with Gasteiger partial charge in [-0.15, -0.1) is 0 Å². The predicted octanol–water partition coefficient (Wildman–Crippen LogP) is -2.32. The highest BCUT2D eigenvalue weighted by Gasteiger charge is 2.45. The summed E-state index contributed by atoms with van der Waals surface area (Å²) in [5.74, 6) is -0.420. The molecule has 10 nitrogen and oxygen atoms in total. The van der Waals surface area contributed by atoms with Gasteiger partial charge in [0.25, 0.3) is 0 Å². The molecule has 1 fully saturated rings. The van der Waals surface area contributed by atoms with Crippen LogP contribution in [0.5, 0.6) is 23.0 Å². The van der Waals surface area contributed by atoms with Crippen LogP contribution in [-0.2, 0) is 4.74 Å². The third kappa shape index (κ3) is 4.37. The Kier molecular flexibility index (Phi) is 6.94. The smallest absolute Gasteiger partial charge is 0.402 e. The van der Waals surface area contributed by atoms with Crippen LogP contribution < -0.4 is 17.1 Å². The Hall–Kier alpha value is -2.86. The largest absolute Gasteiger partial charge is 1.00 e. The molecule has 1 aliphatic heterocycles. The molecule has 0 radical (unpaired) electrons. The topological polar surface area (TPSA) is 171 Å². The van der Waals surface area contributed by atoms with Crippen LogP contribution in [0.25, 0.3) is 22.3 Å². The Bertz CT molecular complexity index is 1090. The van der Waals surface area contributed by atoms with Gasteiger partial charge in [0, 0.05) is 12.1 Å². The lowest BCUT2D eigenvalue weighted by atomic mass is 9.99. The molecule has 2 aromatic carbocycles. The number of hydrogen-bond acceptors (Lipinski definition) is 9. The molecule has 0 amide bonds. The van der Waals surface area contributed by atoms with Gasteiger partial charge in [-0.1, -0.05) is 0 Å². The fourth-order valence-corrected chi connectivity index (χ4v) is 3.38. The summed E-state index contributed by atoms with van der Waals surface area (Å²) in [6, 6.07) is 9.66. The lowest BCUT2D eigenvalue weighted by Crippen LogP contribution is -3.00. The molecular weight excluding hydrogens is 448 g/mol. The molecule has 1 aromatic heterocycles. The zero-order valence-corrected chi connectivity index (χ0v) is 17.1. The number of halogens is 1. The van der Waals surface area contributed by atoms with Gasteiger partial charge in [-0.2, -0.15) is 0 Å². The van der Waals surface area contributed by atoms with E-state index in [1.165, 1.54) is 36.4 Å². The van der Waals surface area contributed by atoms with Gasteiger partial charge >= 0.3 is 11.3 Å². The van der Waals surface area contributed by atoms with Gasteiger partial charge in [0.15, 0.2) is 0 Å². The number of benzene rings is 2. The van der Waals surface area contributed by atoms with Crippen molar-refractivity contribution in [3.63, 3.8) is 0 Å². The molecule has 3 aromatic rings. The Balaban J connectivity index is 0.00000289. The van der Waals surface area contributed by atoms with Crippen LogP contribution in [0.1, 0.15) is 0 Å². The van der Waals surface area contributed by atoms with Gasteiger partial charge in [0.1, 0.15) is 47.1 Å². The van der Waals surface area contributed by atoms with Crippen LogP contribution in [0.15, 0.2) is 46.9 Å². The number of hydrogen-bond donors (Lipinski definition) is 7. The molecule has 32 heavy (non-hydrogen) atoms. The van der Waals surface area contributed by atoms with Crippen molar-refractivity contribution in [2.24, 2.45) is 0 Å². The predicted molar refractivity (Wildman–Crippen MR) is 105 cm³/mol. The van der Waals surface area contributed by atoms with Gasteiger partial charge in [-0.05, 0) is 24.3 Å². The number of phenolic OH excluding ortho intramolecular Hbond substituents is 3. The molecule has 0 saturated carbocycles. The maximum atomic E-state index is 10.3. The fourth-order valence-electron chi connectivity index (χ4n) is 3.38. The Morgan fingerprint density at radius 2 is 1.56 bits per heavy atom. The summed E-state index contributed by atoms with van der Waals surface area (Å²) in [7, 11) is 0. The molecular formula is C21H21ClO10. The summed E-state index contributed by atoms with van der Waals surface area (Å²) in [5, 5.41) is 69.4. The Morgan fingerprint density at radius 3 is 2.22 bits per heavy atom. The number of aromatic hydroxyl groups is 3. The summed E-state index contributed by atoms with van der Waals surface area (Å²) in [5.41, 5.74) is 0.573. The van der Waals surface area contributed by atoms with Crippen molar-refractivity contribution in [1.82, 2.24) is 0 Å².